The first kappa shape index (κ1) is 29.0. The third-order valence-electron chi connectivity index (χ3n) is 9.06. The summed E-state index contributed by atoms with van der Waals surface area (Å²) in [5, 5.41) is 19.5. The first-order valence-corrected chi connectivity index (χ1v) is 13.8. The fraction of sp³-hybridized carbons (Fsp3) is 1.00. The van der Waals surface area contributed by atoms with Gasteiger partial charge in [-0.1, -0.05) is 87.5 Å². The van der Waals surface area contributed by atoms with Crippen molar-refractivity contribution in [1.82, 2.24) is 0 Å². The fourth-order valence-corrected chi connectivity index (χ4v) is 6.85. The zero-order valence-corrected chi connectivity index (χ0v) is 22.6. The van der Waals surface area contributed by atoms with Gasteiger partial charge in [-0.25, -0.2) is 0 Å². The second-order valence-electron chi connectivity index (χ2n) is 12.6. The summed E-state index contributed by atoms with van der Waals surface area (Å²) in [6, 6.07) is 0. The molecule has 0 bridgehead atoms. The molecule has 0 aromatic rings. The highest BCUT2D eigenvalue weighted by atomic mass is 16.3. The number of aliphatic hydroxyl groups is 2. The molecule has 2 saturated carbocycles. The van der Waals surface area contributed by atoms with Gasteiger partial charge in [0.15, 0.2) is 0 Å². The van der Waals surface area contributed by atoms with Crippen molar-refractivity contribution in [1.29, 1.82) is 0 Å². The van der Waals surface area contributed by atoms with E-state index in [9.17, 15) is 10.2 Å². The Kier molecular flexibility index (Phi) is 12.7. The Morgan fingerprint density at radius 3 is 1.48 bits per heavy atom. The molecule has 2 N–H and O–H groups in total. The van der Waals surface area contributed by atoms with E-state index < -0.39 is 0 Å². The van der Waals surface area contributed by atoms with Crippen molar-refractivity contribution in [2.45, 2.75) is 151 Å². The summed E-state index contributed by atoms with van der Waals surface area (Å²) in [4.78, 5) is 0. The molecule has 0 spiro atoms. The molecule has 6 unspecified atom stereocenters. The Bertz CT molecular complexity index is 469. The van der Waals surface area contributed by atoms with Gasteiger partial charge in [0, 0.05) is 0 Å². The Labute approximate surface area is 196 Å². The number of aliphatic hydroxyl groups excluding tert-OH is 2. The third-order valence-corrected chi connectivity index (χ3v) is 9.06. The third kappa shape index (κ3) is 9.75. The predicted octanol–water partition coefficient (Wildman–Crippen LogP) is 8.39. The highest BCUT2D eigenvalue weighted by Crippen LogP contribution is 2.47. The van der Waals surface area contributed by atoms with Crippen molar-refractivity contribution in [3.8, 4) is 0 Å². The van der Waals surface area contributed by atoms with Crippen LogP contribution < -0.4 is 0 Å². The normalized spacial score (nSPS) is 31.9. The molecule has 6 atom stereocenters. The maximum atomic E-state index is 9.84. The molecule has 31 heavy (non-hydrogen) atoms. The molecule has 2 heteroatoms. The van der Waals surface area contributed by atoms with Crippen LogP contribution in [0.3, 0.4) is 0 Å². The Balaban J connectivity index is 0.000000311. The Morgan fingerprint density at radius 2 is 1.13 bits per heavy atom. The van der Waals surface area contributed by atoms with Crippen LogP contribution in [0.15, 0.2) is 0 Å². The fourth-order valence-electron chi connectivity index (χ4n) is 6.85. The van der Waals surface area contributed by atoms with Gasteiger partial charge in [-0.15, -0.1) is 0 Å². The van der Waals surface area contributed by atoms with Gasteiger partial charge in [0.2, 0.25) is 0 Å². The van der Waals surface area contributed by atoms with E-state index in [0.29, 0.717) is 10.8 Å². The summed E-state index contributed by atoms with van der Waals surface area (Å²) in [5.41, 5.74) is 0.981. The van der Waals surface area contributed by atoms with Crippen LogP contribution in [0.1, 0.15) is 139 Å². The molecule has 2 fully saturated rings. The monoisotopic (exact) mass is 438 g/mol. The van der Waals surface area contributed by atoms with Crippen LogP contribution in [0.5, 0.6) is 0 Å². The van der Waals surface area contributed by atoms with E-state index in [2.05, 4.69) is 55.4 Å². The minimum Gasteiger partial charge on any atom is -0.393 e. The highest BCUT2D eigenvalue weighted by molar-refractivity contribution is 4.87. The smallest absolute Gasteiger partial charge is 0.0540 e. The lowest BCUT2D eigenvalue weighted by atomic mass is 9.62. The first-order chi connectivity index (χ1) is 14.4. The molecule has 0 aromatic heterocycles. The van der Waals surface area contributed by atoms with Crippen molar-refractivity contribution in [2.24, 2.45) is 34.5 Å². The van der Waals surface area contributed by atoms with Gasteiger partial charge in [-0.3, -0.25) is 0 Å². The molecule has 0 aliphatic heterocycles. The van der Waals surface area contributed by atoms with Gasteiger partial charge in [0.1, 0.15) is 0 Å². The summed E-state index contributed by atoms with van der Waals surface area (Å²) < 4.78 is 0. The summed E-state index contributed by atoms with van der Waals surface area (Å²) in [7, 11) is 0. The van der Waals surface area contributed by atoms with Gasteiger partial charge in [0.25, 0.3) is 0 Å². The molecular weight excluding hydrogens is 380 g/mol. The summed E-state index contributed by atoms with van der Waals surface area (Å²) in [6.45, 7) is 18.7. The number of hydrogen-bond acceptors (Lipinski definition) is 2. The maximum absolute atomic E-state index is 9.84. The second-order valence-corrected chi connectivity index (χ2v) is 12.6. The van der Waals surface area contributed by atoms with Crippen LogP contribution in [-0.4, -0.2) is 22.4 Å². The molecule has 2 rings (SSSR count). The van der Waals surface area contributed by atoms with E-state index >= 15 is 0 Å². The van der Waals surface area contributed by atoms with Crippen molar-refractivity contribution >= 4 is 0 Å². The van der Waals surface area contributed by atoms with E-state index in [1.807, 2.05) is 0 Å². The molecule has 2 aliphatic rings. The van der Waals surface area contributed by atoms with Gasteiger partial charge in [0.05, 0.1) is 12.2 Å². The van der Waals surface area contributed by atoms with Crippen LogP contribution in [0.25, 0.3) is 0 Å². The average Bonchev–Trinajstić information content (AvgIpc) is 2.66. The van der Waals surface area contributed by atoms with E-state index in [4.69, 9.17) is 0 Å². The van der Waals surface area contributed by atoms with Crippen LogP contribution >= 0.6 is 0 Å². The van der Waals surface area contributed by atoms with Crippen LogP contribution in [0.4, 0.5) is 0 Å². The standard InChI is InChI=1S/C15H30O.C14H28O/c1-5-7-13(16)9-10-14-12(2)8-6-11-15(14,3)4;1-5-12(15)8-9-13-11(2)7-6-10-14(13,3)4/h12-14,16H,5-11H2,1-4H3;11-13,15H,5-10H2,1-4H3. The summed E-state index contributed by atoms with van der Waals surface area (Å²) in [6.07, 6.45) is 15.6. The number of hydrogen-bond donors (Lipinski definition) is 2. The zero-order chi connectivity index (χ0) is 23.7. The van der Waals surface area contributed by atoms with Crippen molar-refractivity contribution in [3.63, 3.8) is 0 Å². The Morgan fingerprint density at radius 1 is 0.710 bits per heavy atom. The largest absolute Gasteiger partial charge is 0.393 e. The van der Waals surface area contributed by atoms with Gasteiger partial charge < -0.3 is 10.2 Å². The highest BCUT2D eigenvalue weighted by Gasteiger charge is 2.37. The van der Waals surface area contributed by atoms with Crippen LogP contribution in [0.2, 0.25) is 0 Å². The topological polar surface area (TPSA) is 40.5 Å². The van der Waals surface area contributed by atoms with Gasteiger partial charge >= 0.3 is 0 Å². The lowest BCUT2D eigenvalue weighted by Crippen LogP contribution is -2.34. The molecule has 2 aliphatic carbocycles. The lowest BCUT2D eigenvalue weighted by molar-refractivity contribution is 0.0559. The van der Waals surface area contributed by atoms with E-state index in [-0.39, 0.29) is 12.2 Å². The lowest BCUT2D eigenvalue weighted by Gasteiger charge is -2.43. The Hall–Kier alpha value is -0.0800. The average molecular weight is 439 g/mol. The molecular formula is C29H58O2. The van der Waals surface area contributed by atoms with Crippen molar-refractivity contribution < 1.29 is 10.2 Å². The molecule has 0 saturated heterocycles. The predicted molar refractivity (Wildman–Crippen MR) is 136 cm³/mol. The molecule has 0 radical (unpaired) electrons. The molecule has 0 aromatic carbocycles. The van der Waals surface area contributed by atoms with E-state index in [0.717, 1.165) is 55.8 Å². The summed E-state index contributed by atoms with van der Waals surface area (Å²) >= 11 is 0. The number of rotatable bonds is 9. The maximum Gasteiger partial charge on any atom is 0.0540 e. The zero-order valence-electron chi connectivity index (χ0n) is 22.6. The van der Waals surface area contributed by atoms with Gasteiger partial charge in [-0.05, 0) is 85.9 Å². The van der Waals surface area contributed by atoms with Crippen LogP contribution in [0, 0.1) is 34.5 Å². The first-order valence-electron chi connectivity index (χ1n) is 13.8. The van der Waals surface area contributed by atoms with Crippen molar-refractivity contribution in [3.05, 3.63) is 0 Å². The minimum absolute atomic E-state index is 0.0603. The molecule has 186 valence electrons. The minimum atomic E-state index is -0.0741. The van der Waals surface area contributed by atoms with Crippen LogP contribution in [-0.2, 0) is 0 Å². The summed E-state index contributed by atoms with van der Waals surface area (Å²) in [5.74, 6) is 3.32. The molecule has 2 nitrogen and oxygen atoms in total. The van der Waals surface area contributed by atoms with E-state index in [1.54, 1.807) is 0 Å². The van der Waals surface area contributed by atoms with Gasteiger partial charge in [-0.2, -0.15) is 0 Å². The quantitative estimate of drug-likeness (QED) is 0.379. The van der Waals surface area contributed by atoms with E-state index in [1.165, 1.54) is 51.4 Å². The van der Waals surface area contributed by atoms with Crippen molar-refractivity contribution in [2.75, 3.05) is 0 Å². The molecule has 0 heterocycles. The molecule has 0 amide bonds. The second kappa shape index (κ2) is 13.6. The SMILES string of the molecule is CCC(O)CCC1C(C)CCCC1(C)C.CCCC(O)CCC1C(C)CCCC1(C)C.